The minimum absolute atomic E-state index is 0.0146. The van der Waals surface area contributed by atoms with Gasteiger partial charge in [0, 0.05) is 38.1 Å². The lowest BCUT2D eigenvalue weighted by molar-refractivity contribution is 0.0915. The van der Waals surface area contributed by atoms with Gasteiger partial charge in [-0.15, -0.1) is 0 Å². The molecular formula is C17H23N5O. The van der Waals surface area contributed by atoms with Crippen LogP contribution in [0.3, 0.4) is 0 Å². The van der Waals surface area contributed by atoms with E-state index >= 15 is 0 Å². The molecule has 6 nitrogen and oxygen atoms in total. The molecule has 0 bridgehead atoms. The molecule has 2 aromatic rings. The number of rotatable bonds is 3. The number of piperidine rings is 1. The van der Waals surface area contributed by atoms with Crippen molar-refractivity contribution in [3.8, 4) is 5.82 Å². The number of hydrogen-bond donors (Lipinski definition) is 1. The molecule has 0 radical (unpaired) electrons. The third-order valence-electron chi connectivity index (χ3n) is 5.17. The summed E-state index contributed by atoms with van der Waals surface area (Å²) in [5.74, 6) is 0.797. The van der Waals surface area contributed by atoms with E-state index in [4.69, 9.17) is 0 Å². The van der Waals surface area contributed by atoms with Crippen molar-refractivity contribution in [2.45, 2.75) is 37.8 Å². The molecule has 2 aliphatic rings. The molecule has 4 heterocycles. The Hall–Kier alpha value is -2.08. The number of hydrogen-bond acceptors (Lipinski definition) is 3. The Balaban J connectivity index is 1.54. The van der Waals surface area contributed by atoms with Crippen molar-refractivity contribution in [3.63, 3.8) is 0 Å². The lowest BCUT2D eigenvalue weighted by Gasteiger charge is -2.32. The summed E-state index contributed by atoms with van der Waals surface area (Å²) in [6.45, 7) is 2.28. The summed E-state index contributed by atoms with van der Waals surface area (Å²) in [6.07, 6.45) is 10.3. The van der Waals surface area contributed by atoms with Gasteiger partial charge in [0.2, 0.25) is 0 Å². The molecule has 2 aliphatic heterocycles. The van der Waals surface area contributed by atoms with Crippen LogP contribution in [0.15, 0.2) is 30.7 Å². The van der Waals surface area contributed by atoms with Crippen LogP contribution in [0.5, 0.6) is 0 Å². The summed E-state index contributed by atoms with van der Waals surface area (Å²) in [6, 6.07) is 4.68. The lowest BCUT2D eigenvalue weighted by Crippen LogP contribution is -2.46. The highest BCUT2D eigenvalue weighted by molar-refractivity contribution is 5.97. The van der Waals surface area contributed by atoms with Gasteiger partial charge in [0.05, 0.1) is 6.20 Å². The second-order valence-corrected chi connectivity index (χ2v) is 6.56. The second kappa shape index (κ2) is 5.85. The van der Waals surface area contributed by atoms with Gasteiger partial charge >= 0.3 is 0 Å². The quantitative estimate of drug-likeness (QED) is 0.936. The van der Waals surface area contributed by atoms with E-state index in [1.807, 2.05) is 36.1 Å². The van der Waals surface area contributed by atoms with Crippen LogP contribution in [0.4, 0.5) is 0 Å². The fraction of sp³-hybridized carbons (Fsp3) is 0.529. The van der Waals surface area contributed by atoms with E-state index in [-0.39, 0.29) is 11.9 Å². The Bertz CT molecular complexity index is 690. The van der Waals surface area contributed by atoms with Crippen LogP contribution in [-0.4, -0.2) is 50.3 Å². The predicted octanol–water partition coefficient (Wildman–Crippen LogP) is 1.57. The zero-order valence-electron chi connectivity index (χ0n) is 13.5. The molecular weight excluding hydrogens is 290 g/mol. The summed E-state index contributed by atoms with van der Waals surface area (Å²) in [5.41, 5.74) is 0.637. The van der Waals surface area contributed by atoms with Gasteiger partial charge in [-0.25, -0.2) is 0 Å². The summed E-state index contributed by atoms with van der Waals surface area (Å²) >= 11 is 0. The highest BCUT2D eigenvalue weighted by atomic mass is 16.1. The number of amides is 1. The molecule has 2 saturated heterocycles. The molecule has 2 aromatic heterocycles. The second-order valence-electron chi connectivity index (χ2n) is 6.56. The predicted molar refractivity (Wildman–Crippen MR) is 87.6 cm³/mol. The lowest BCUT2D eigenvalue weighted by atomic mass is 9.99. The Morgan fingerprint density at radius 2 is 2.04 bits per heavy atom. The van der Waals surface area contributed by atoms with Crippen LogP contribution >= 0.6 is 0 Å². The molecule has 122 valence electrons. The minimum atomic E-state index is -0.0146. The molecule has 6 heteroatoms. The Labute approximate surface area is 136 Å². The van der Waals surface area contributed by atoms with Crippen molar-refractivity contribution in [2.24, 2.45) is 7.05 Å². The first-order valence-electron chi connectivity index (χ1n) is 8.44. The molecule has 1 N–H and O–H groups in total. The number of carbonyl (C=O) groups is 1. The van der Waals surface area contributed by atoms with Crippen LogP contribution in [0.25, 0.3) is 5.82 Å². The molecule has 1 amide bonds. The monoisotopic (exact) mass is 313 g/mol. The third kappa shape index (κ3) is 2.57. The normalized spacial score (nSPS) is 24.6. The molecule has 0 aromatic carbocycles. The fourth-order valence-electron chi connectivity index (χ4n) is 4.04. The van der Waals surface area contributed by atoms with Gasteiger partial charge in [-0.1, -0.05) is 6.42 Å². The van der Waals surface area contributed by atoms with E-state index in [2.05, 4.69) is 15.3 Å². The summed E-state index contributed by atoms with van der Waals surface area (Å²) < 4.78 is 3.68. The van der Waals surface area contributed by atoms with Gasteiger partial charge < -0.3 is 9.88 Å². The third-order valence-corrected chi connectivity index (χ3v) is 5.17. The number of aryl methyl sites for hydroxylation is 1. The Morgan fingerprint density at radius 3 is 2.87 bits per heavy atom. The van der Waals surface area contributed by atoms with E-state index < -0.39 is 0 Å². The van der Waals surface area contributed by atoms with Gasteiger partial charge in [0.1, 0.15) is 11.4 Å². The van der Waals surface area contributed by atoms with E-state index in [9.17, 15) is 4.79 Å². The van der Waals surface area contributed by atoms with Crippen molar-refractivity contribution >= 4 is 5.91 Å². The van der Waals surface area contributed by atoms with Crippen molar-refractivity contribution in [2.75, 3.05) is 13.1 Å². The van der Waals surface area contributed by atoms with Crippen LogP contribution in [0.2, 0.25) is 0 Å². The van der Waals surface area contributed by atoms with Crippen LogP contribution in [0.1, 0.15) is 36.0 Å². The van der Waals surface area contributed by atoms with E-state index in [0.717, 1.165) is 18.8 Å². The smallest absolute Gasteiger partial charge is 0.256 e. The highest BCUT2D eigenvalue weighted by Crippen LogP contribution is 2.27. The first kappa shape index (κ1) is 14.5. The van der Waals surface area contributed by atoms with Gasteiger partial charge in [0.15, 0.2) is 0 Å². The zero-order chi connectivity index (χ0) is 15.8. The van der Waals surface area contributed by atoms with E-state index in [1.165, 1.54) is 25.8 Å². The van der Waals surface area contributed by atoms with Crippen molar-refractivity contribution in [1.82, 2.24) is 24.6 Å². The summed E-state index contributed by atoms with van der Waals surface area (Å²) in [4.78, 5) is 15.3. The minimum Gasteiger partial charge on any atom is -0.348 e. The molecule has 2 unspecified atom stereocenters. The number of nitrogens with zero attached hydrogens (tertiary/aromatic N) is 4. The molecule has 0 aliphatic carbocycles. The molecule has 0 spiro atoms. The maximum absolute atomic E-state index is 12.8. The Morgan fingerprint density at radius 1 is 1.22 bits per heavy atom. The average molecular weight is 313 g/mol. The average Bonchev–Trinajstić information content (AvgIpc) is 3.27. The standard InChI is InChI=1S/C17H23N5O/c1-20-17(22-9-4-5-10-22)13(12-18-20)16(23)19-14-7-11-21-8-3-2-6-15(14)21/h4-5,9-10,12,14-15H,2-3,6-8,11H2,1H3,(H,19,23). The zero-order valence-corrected chi connectivity index (χ0v) is 13.5. The van der Waals surface area contributed by atoms with Gasteiger partial charge in [-0.3, -0.25) is 14.4 Å². The molecule has 4 rings (SSSR count). The molecule has 2 atom stereocenters. The summed E-state index contributed by atoms with van der Waals surface area (Å²) in [7, 11) is 1.87. The fourth-order valence-corrected chi connectivity index (χ4v) is 4.04. The van der Waals surface area contributed by atoms with Crippen LogP contribution < -0.4 is 5.32 Å². The van der Waals surface area contributed by atoms with Crippen molar-refractivity contribution < 1.29 is 4.79 Å². The maximum Gasteiger partial charge on any atom is 0.256 e. The van der Waals surface area contributed by atoms with Gasteiger partial charge in [-0.05, 0) is 37.9 Å². The first-order valence-corrected chi connectivity index (χ1v) is 8.44. The van der Waals surface area contributed by atoms with E-state index in [1.54, 1.807) is 10.9 Å². The number of aromatic nitrogens is 3. The highest BCUT2D eigenvalue weighted by Gasteiger charge is 2.36. The number of fused-ring (bicyclic) bond motifs is 1. The number of carbonyl (C=O) groups excluding carboxylic acids is 1. The van der Waals surface area contributed by atoms with Gasteiger partial charge in [-0.2, -0.15) is 5.10 Å². The van der Waals surface area contributed by atoms with Crippen molar-refractivity contribution in [1.29, 1.82) is 0 Å². The van der Waals surface area contributed by atoms with Crippen LogP contribution in [-0.2, 0) is 7.05 Å². The largest absolute Gasteiger partial charge is 0.348 e. The van der Waals surface area contributed by atoms with E-state index in [0.29, 0.717) is 11.6 Å². The number of nitrogens with one attached hydrogen (secondary N) is 1. The summed E-state index contributed by atoms with van der Waals surface area (Å²) in [5, 5.41) is 7.54. The maximum atomic E-state index is 12.8. The topological polar surface area (TPSA) is 55.1 Å². The molecule has 23 heavy (non-hydrogen) atoms. The molecule has 2 fully saturated rings. The van der Waals surface area contributed by atoms with Crippen molar-refractivity contribution in [3.05, 3.63) is 36.3 Å². The van der Waals surface area contributed by atoms with Crippen LogP contribution in [0, 0.1) is 0 Å². The first-order chi connectivity index (χ1) is 11.2. The van der Waals surface area contributed by atoms with Gasteiger partial charge in [0.25, 0.3) is 5.91 Å². The molecule has 0 saturated carbocycles. The SMILES string of the molecule is Cn1ncc(C(=O)NC2CCN3CCCCC23)c1-n1cccc1. The Kier molecular flexibility index (Phi) is 3.69.